The number of hydrogen-bond donors (Lipinski definition) is 0. The summed E-state index contributed by atoms with van der Waals surface area (Å²) < 4.78 is 53.1. The molecule has 10 heteroatoms. The van der Waals surface area contributed by atoms with Gasteiger partial charge in [0.25, 0.3) is 5.56 Å². The summed E-state index contributed by atoms with van der Waals surface area (Å²) in [6.45, 7) is 4.88. The Kier molecular flexibility index (Phi) is 6.16. The molecule has 2 aromatic heterocycles. The molecule has 0 unspecified atom stereocenters. The second kappa shape index (κ2) is 8.52. The highest BCUT2D eigenvalue weighted by Crippen LogP contribution is 2.28. The molecule has 0 spiro atoms. The Bertz CT molecular complexity index is 1170. The molecule has 32 heavy (non-hydrogen) atoms. The van der Waals surface area contributed by atoms with E-state index in [0.717, 1.165) is 9.13 Å². The third-order valence-electron chi connectivity index (χ3n) is 4.36. The topological polar surface area (TPSA) is 75.3 Å². The fourth-order valence-corrected chi connectivity index (χ4v) is 2.95. The summed E-state index contributed by atoms with van der Waals surface area (Å²) in [5.41, 5.74) is -3.21. The van der Waals surface area contributed by atoms with Gasteiger partial charge in [-0.3, -0.25) is 9.36 Å². The lowest BCUT2D eigenvalue weighted by atomic mass is 10.2. The molecule has 0 aliphatic carbocycles. The number of carbonyl (C=O) groups is 1. The highest BCUT2D eigenvalue weighted by molar-refractivity contribution is 5.77. The quantitative estimate of drug-likeness (QED) is 0.583. The number of aromatic nitrogens is 3. The molecule has 0 radical (unpaired) electrons. The number of alkyl halides is 3. The van der Waals surface area contributed by atoms with Crippen molar-refractivity contribution in [1.29, 1.82) is 0 Å². The molecule has 0 fully saturated rings. The first-order valence-electron chi connectivity index (χ1n) is 9.62. The Morgan fingerprint density at radius 1 is 1.09 bits per heavy atom. The van der Waals surface area contributed by atoms with Gasteiger partial charge in [0.15, 0.2) is 0 Å². The minimum Gasteiger partial charge on any atom is -0.497 e. The van der Waals surface area contributed by atoms with Gasteiger partial charge in [0, 0.05) is 12.4 Å². The lowest BCUT2D eigenvalue weighted by Crippen LogP contribution is -2.31. The van der Waals surface area contributed by atoms with E-state index in [9.17, 15) is 22.8 Å². The van der Waals surface area contributed by atoms with Crippen molar-refractivity contribution >= 4 is 6.09 Å². The Morgan fingerprint density at radius 2 is 1.75 bits per heavy atom. The standard InChI is InChI=1S/C22H22F3N3O4/c1-21(2,3)32-20(30)28-11-5-6-17(28)16-13-27(19(29)18(26-16)22(23,24)25)12-14-7-9-15(31-4)10-8-14/h5-11,13H,12H2,1-4H3. The van der Waals surface area contributed by atoms with Crippen molar-refractivity contribution in [3.05, 3.63) is 70.4 Å². The molecule has 0 amide bonds. The third-order valence-corrected chi connectivity index (χ3v) is 4.36. The molecule has 0 atom stereocenters. The van der Waals surface area contributed by atoms with Crippen LogP contribution in [-0.4, -0.2) is 32.9 Å². The van der Waals surface area contributed by atoms with Crippen LogP contribution in [0.2, 0.25) is 0 Å². The number of ether oxygens (including phenoxy) is 2. The summed E-state index contributed by atoms with van der Waals surface area (Å²) in [7, 11) is 1.49. The minimum absolute atomic E-state index is 0.0632. The molecule has 170 valence electrons. The van der Waals surface area contributed by atoms with Gasteiger partial charge in [-0.2, -0.15) is 13.2 Å². The Hall–Kier alpha value is -3.56. The molecule has 0 aliphatic heterocycles. The lowest BCUT2D eigenvalue weighted by molar-refractivity contribution is -0.142. The van der Waals surface area contributed by atoms with Crippen molar-refractivity contribution in [3.8, 4) is 17.1 Å². The van der Waals surface area contributed by atoms with Gasteiger partial charge >= 0.3 is 12.3 Å². The summed E-state index contributed by atoms with van der Waals surface area (Å²) in [5, 5.41) is 0. The van der Waals surface area contributed by atoms with E-state index in [4.69, 9.17) is 9.47 Å². The third kappa shape index (κ3) is 5.19. The minimum atomic E-state index is -4.97. The molecular formula is C22H22F3N3O4. The number of carbonyl (C=O) groups excluding carboxylic acids is 1. The molecule has 0 saturated carbocycles. The monoisotopic (exact) mass is 449 g/mol. The molecule has 0 bridgehead atoms. The van der Waals surface area contributed by atoms with Crippen LogP contribution >= 0.6 is 0 Å². The Morgan fingerprint density at radius 3 is 2.31 bits per heavy atom. The van der Waals surface area contributed by atoms with E-state index in [1.54, 1.807) is 45.0 Å². The van der Waals surface area contributed by atoms with E-state index in [1.807, 2.05) is 0 Å². The molecule has 3 rings (SSSR count). The predicted molar refractivity (Wildman–Crippen MR) is 111 cm³/mol. The van der Waals surface area contributed by atoms with Crippen molar-refractivity contribution in [2.24, 2.45) is 0 Å². The van der Waals surface area contributed by atoms with Gasteiger partial charge in [0.2, 0.25) is 5.69 Å². The zero-order chi connectivity index (χ0) is 23.7. The number of benzene rings is 1. The molecule has 2 heterocycles. The van der Waals surface area contributed by atoms with E-state index >= 15 is 0 Å². The molecular weight excluding hydrogens is 427 g/mol. The van der Waals surface area contributed by atoms with Gasteiger partial charge in [0.05, 0.1) is 19.3 Å². The molecule has 0 N–H and O–H groups in total. The first-order chi connectivity index (χ1) is 14.9. The number of nitrogens with zero attached hydrogens (tertiary/aromatic N) is 3. The summed E-state index contributed by atoms with van der Waals surface area (Å²) in [6, 6.07) is 9.47. The SMILES string of the molecule is COc1ccc(Cn2cc(-c3cccn3C(=O)OC(C)(C)C)nc(C(F)(F)F)c2=O)cc1. The lowest BCUT2D eigenvalue weighted by Gasteiger charge is -2.20. The van der Waals surface area contributed by atoms with Gasteiger partial charge in [-0.05, 0) is 50.6 Å². The zero-order valence-corrected chi connectivity index (χ0v) is 17.9. The van der Waals surface area contributed by atoms with E-state index in [0.29, 0.717) is 11.3 Å². The van der Waals surface area contributed by atoms with Crippen molar-refractivity contribution in [2.75, 3.05) is 7.11 Å². The summed E-state index contributed by atoms with van der Waals surface area (Å²) >= 11 is 0. The summed E-state index contributed by atoms with van der Waals surface area (Å²) in [6.07, 6.45) is -3.20. The van der Waals surface area contributed by atoms with E-state index in [2.05, 4.69) is 4.98 Å². The first kappa shape index (κ1) is 23.1. The van der Waals surface area contributed by atoms with Crippen LogP contribution in [0.25, 0.3) is 11.4 Å². The molecule has 0 aliphatic rings. The van der Waals surface area contributed by atoms with Crippen molar-refractivity contribution in [1.82, 2.24) is 14.1 Å². The predicted octanol–water partition coefficient (Wildman–Crippen LogP) is 4.57. The number of halogens is 3. The average molecular weight is 449 g/mol. The summed E-state index contributed by atoms with van der Waals surface area (Å²) in [5.74, 6) is 0.572. The van der Waals surface area contributed by atoms with Gasteiger partial charge < -0.3 is 14.0 Å². The van der Waals surface area contributed by atoms with Gasteiger partial charge in [-0.1, -0.05) is 12.1 Å². The fourth-order valence-electron chi connectivity index (χ4n) is 2.95. The normalized spacial score (nSPS) is 12.0. The van der Waals surface area contributed by atoms with Crippen molar-refractivity contribution < 1.29 is 27.4 Å². The molecule has 0 saturated heterocycles. The van der Waals surface area contributed by atoms with Crippen molar-refractivity contribution in [2.45, 2.75) is 39.1 Å². The van der Waals surface area contributed by atoms with Crippen LogP contribution < -0.4 is 10.3 Å². The Labute approximate surface area is 182 Å². The number of rotatable bonds is 4. The smallest absolute Gasteiger partial charge is 0.438 e. The Balaban J connectivity index is 2.10. The van der Waals surface area contributed by atoms with Crippen LogP contribution in [0.5, 0.6) is 5.75 Å². The second-order valence-corrected chi connectivity index (χ2v) is 8.00. The van der Waals surface area contributed by atoms with Gasteiger partial charge in [-0.15, -0.1) is 0 Å². The van der Waals surface area contributed by atoms with E-state index < -0.39 is 29.1 Å². The van der Waals surface area contributed by atoms with Crippen LogP contribution in [0.1, 0.15) is 32.0 Å². The fraction of sp³-hybridized carbons (Fsp3) is 0.318. The van der Waals surface area contributed by atoms with E-state index in [-0.39, 0.29) is 17.9 Å². The molecule has 3 aromatic rings. The molecule has 1 aromatic carbocycles. The maximum absolute atomic E-state index is 13.6. The maximum Gasteiger partial charge on any atom is 0.438 e. The number of methoxy groups -OCH3 is 1. The molecule has 7 nitrogen and oxygen atoms in total. The average Bonchev–Trinajstić information content (AvgIpc) is 3.18. The van der Waals surface area contributed by atoms with Crippen molar-refractivity contribution in [3.63, 3.8) is 0 Å². The highest BCUT2D eigenvalue weighted by atomic mass is 19.4. The van der Waals surface area contributed by atoms with Gasteiger partial charge in [-0.25, -0.2) is 9.78 Å². The first-order valence-corrected chi connectivity index (χ1v) is 9.62. The summed E-state index contributed by atoms with van der Waals surface area (Å²) in [4.78, 5) is 28.6. The maximum atomic E-state index is 13.6. The highest BCUT2D eigenvalue weighted by Gasteiger charge is 2.37. The van der Waals surface area contributed by atoms with Crippen LogP contribution in [0, 0.1) is 0 Å². The van der Waals surface area contributed by atoms with Crippen LogP contribution in [0.3, 0.4) is 0 Å². The zero-order valence-electron chi connectivity index (χ0n) is 17.9. The second-order valence-electron chi connectivity index (χ2n) is 8.00. The van der Waals surface area contributed by atoms with Gasteiger partial charge in [0.1, 0.15) is 17.0 Å². The van der Waals surface area contributed by atoms with Crippen LogP contribution in [0.4, 0.5) is 18.0 Å². The largest absolute Gasteiger partial charge is 0.497 e. The van der Waals surface area contributed by atoms with Crippen LogP contribution in [0.15, 0.2) is 53.6 Å². The van der Waals surface area contributed by atoms with E-state index in [1.165, 1.54) is 31.6 Å². The van der Waals surface area contributed by atoms with Crippen LogP contribution in [-0.2, 0) is 17.5 Å². The number of hydrogen-bond acceptors (Lipinski definition) is 5.